The van der Waals surface area contributed by atoms with Crippen molar-refractivity contribution in [3.8, 4) is 0 Å². The van der Waals surface area contributed by atoms with Crippen molar-refractivity contribution in [2.24, 2.45) is 0 Å². The van der Waals surface area contributed by atoms with Gasteiger partial charge in [0.15, 0.2) is 0 Å². The zero-order valence-electron chi connectivity index (χ0n) is 19.8. The predicted octanol–water partition coefficient (Wildman–Crippen LogP) is 4.74. The third kappa shape index (κ3) is 4.64. The van der Waals surface area contributed by atoms with Crippen LogP contribution in [0.5, 0.6) is 0 Å². The number of fused-ring (bicyclic) bond motifs is 1. The van der Waals surface area contributed by atoms with E-state index in [9.17, 15) is 19.3 Å². The number of aromatic nitrogens is 1. The number of carbonyl (C=O) groups is 1. The van der Waals surface area contributed by atoms with E-state index >= 15 is 0 Å². The van der Waals surface area contributed by atoms with Gasteiger partial charge in [0.05, 0.1) is 16.5 Å². The fourth-order valence-electron chi connectivity index (χ4n) is 4.45. The van der Waals surface area contributed by atoms with Crippen LogP contribution < -0.4 is 10.2 Å². The van der Waals surface area contributed by atoms with Crippen LogP contribution in [0.2, 0.25) is 0 Å². The summed E-state index contributed by atoms with van der Waals surface area (Å²) in [6.07, 6.45) is 0. The zero-order chi connectivity index (χ0) is 24.6. The Hall–Kier alpha value is -3.75. The highest BCUT2D eigenvalue weighted by molar-refractivity contribution is 5.94. The number of nitro groups is 1. The van der Waals surface area contributed by atoms with Crippen LogP contribution in [0.15, 0.2) is 36.4 Å². The van der Waals surface area contributed by atoms with E-state index < -0.39 is 16.8 Å². The van der Waals surface area contributed by atoms with Crippen LogP contribution in [0, 0.1) is 29.8 Å². The summed E-state index contributed by atoms with van der Waals surface area (Å²) in [6, 6.07) is 9.96. The van der Waals surface area contributed by atoms with Crippen LogP contribution in [-0.2, 0) is 4.79 Å². The van der Waals surface area contributed by atoms with Crippen LogP contribution in [-0.4, -0.2) is 46.9 Å². The highest BCUT2D eigenvalue weighted by Crippen LogP contribution is 2.33. The molecule has 0 saturated carbocycles. The second-order valence-corrected chi connectivity index (χ2v) is 8.79. The Labute approximate surface area is 197 Å². The minimum atomic E-state index is -0.508. The molecule has 0 bridgehead atoms. The molecular weight excluding hydrogens is 437 g/mol. The van der Waals surface area contributed by atoms with Gasteiger partial charge in [-0.3, -0.25) is 19.9 Å². The Kier molecular flexibility index (Phi) is 6.37. The molecule has 1 aromatic heterocycles. The number of aryl methyl sites for hydroxylation is 2. The van der Waals surface area contributed by atoms with Crippen molar-refractivity contribution in [2.75, 3.05) is 36.4 Å². The smallest absolute Gasteiger partial charge is 0.270 e. The van der Waals surface area contributed by atoms with Crippen molar-refractivity contribution < 1.29 is 14.1 Å². The molecule has 2 heterocycles. The van der Waals surface area contributed by atoms with Crippen molar-refractivity contribution in [2.45, 2.75) is 33.7 Å². The van der Waals surface area contributed by atoms with E-state index in [0.717, 1.165) is 41.1 Å². The summed E-state index contributed by atoms with van der Waals surface area (Å²) in [5, 5.41) is 15.5. The van der Waals surface area contributed by atoms with Gasteiger partial charge in [0.1, 0.15) is 5.82 Å². The molecular formula is C25H28FN5O3. The first-order chi connectivity index (χ1) is 16.1. The van der Waals surface area contributed by atoms with Crippen molar-refractivity contribution in [1.29, 1.82) is 0 Å². The molecule has 0 aliphatic carbocycles. The third-order valence-electron chi connectivity index (χ3n) is 6.33. The Balaban J connectivity index is 1.67. The largest absolute Gasteiger partial charge is 0.378 e. The van der Waals surface area contributed by atoms with Gasteiger partial charge in [-0.25, -0.2) is 4.39 Å². The number of hydrogen-bond donors (Lipinski definition) is 1. The van der Waals surface area contributed by atoms with Gasteiger partial charge >= 0.3 is 0 Å². The number of pyridine rings is 1. The molecule has 1 saturated heterocycles. The van der Waals surface area contributed by atoms with Crippen LogP contribution in [0.4, 0.5) is 21.5 Å². The summed E-state index contributed by atoms with van der Waals surface area (Å²) in [5.74, 6) is -0.369. The van der Waals surface area contributed by atoms with Gasteiger partial charge in [-0.05, 0) is 50.6 Å². The Morgan fingerprint density at radius 2 is 1.85 bits per heavy atom. The highest BCUT2D eigenvalue weighted by atomic mass is 19.1. The number of hydrogen-bond acceptors (Lipinski definition) is 6. The zero-order valence-corrected chi connectivity index (χ0v) is 19.8. The lowest BCUT2D eigenvalue weighted by atomic mass is 10.0. The number of halogens is 1. The first-order valence-corrected chi connectivity index (χ1v) is 11.3. The fraction of sp³-hybridized carbons (Fsp3) is 0.360. The predicted molar refractivity (Wildman–Crippen MR) is 131 cm³/mol. The second-order valence-electron chi connectivity index (χ2n) is 8.79. The average molecular weight is 466 g/mol. The molecule has 9 heteroatoms. The molecule has 1 atom stereocenters. The van der Waals surface area contributed by atoms with E-state index in [1.807, 2.05) is 30.0 Å². The van der Waals surface area contributed by atoms with E-state index in [1.165, 1.54) is 19.1 Å². The van der Waals surface area contributed by atoms with Gasteiger partial charge in [-0.2, -0.15) is 0 Å². The van der Waals surface area contributed by atoms with E-state index in [0.29, 0.717) is 13.1 Å². The average Bonchev–Trinajstić information content (AvgIpc) is 2.80. The van der Waals surface area contributed by atoms with E-state index in [2.05, 4.69) is 21.3 Å². The maximum absolute atomic E-state index is 14.9. The lowest BCUT2D eigenvalue weighted by Crippen LogP contribution is -2.48. The lowest BCUT2D eigenvalue weighted by Gasteiger charge is -2.35. The van der Waals surface area contributed by atoms with Crippen molar-refractivity contribution >= 4 is 33.9 Å². The van der Waals surface area contributed by atoms with Gasteiger partial charge in [-0.15, -0.1) is 0 Å². The van der Waals surface area contributed by atoms with Crippen LogP contribution in [0.3, 0.4) is 0 Å². The van der Waals surface area contributed by atoms with E-state index in [4.69, 9.17) is 0 Å². The minimum Gasteiger partial charge on any atom is -0.378 e. The number of nitrogens with zero attached hydrogens (tertiary/aromatic N) is 4. The maximum Gasteiger partial charge on any atom is 0.270 e. The highest BCUT2D eigenvalue weighted by Gasteiger charge is 2.21. The van der Waals surface area contributed by atoms with Gasteiger partial charge < -0.3 is 15.1 Å². The van der Waals surface area contributed by atoms with Crippen LogP contribution >= 0.6 is 0 Å². The van der Waals surface area contributed by atoms with Crippen molar-refractivity contribution in [1.82, 2.24) is 9.88 Å². The molecule has 1 fully saturated rings. The number of nitrogens with one attached hydrogen (secondary N) is 1. The Morgan fingerprint density at radius 1 is 1.15 bits per heavy atom. The summed E-state index contributed by atoms with van der Waals surface area (Å²) in [4.78, 5) is 31.1. The molecule has 4 rings (SSSR count). The first kappa shape index (κ1) is 23.4. The quantitative estimate of drug-likeness (QED) is 0.432. The number of piperazine rings is 1. The molecule has 1 amide bonds. The molecule has 1 N–H and O–H groups in total. The number of anilines is 2. The summed E-state index contributed by atoms with van der Waals surface area (Å²) >= 11 is 0. The number of amides is 1. The topological polar surface area (TPSA) is 91.6 Å². The number of benzene rings is 2. The summed E-state index contributed by atoms with van der Waals surface area (Å²) < 4.78 is 14.9. The van der Waals surface area contributed by atoms with Crippen molar-refractivity contribution in [3.63, 3.8) is 0 Å². The number of non-ortho nitro benzene ring substituents is 1. The molecule has 2 aromatic carbocycles. The molecule has 8 nitrogen and oxygen atoms in total. The molecule has 1 aliphatic rings. The third-order valence-corrected chi connectivity index (χ3v) is 6.33. The van der Waals surface area contributed by atoms with E-state index in [1.54, 1.807) is 13.8 Å². The monoisotopic (exact) mass is 465 g/mol. The summed E-state index contributed by atoms with van der Waals surface area (Å²) in [7, 11) is 0. The molecule has 3 aromatic rings. The molecule has 0 radical (unpaired) electrons. The van der Waals surface area contributed by atoms with E-state index in [-0.39, 0.29) is 22.7 Å². The number of rotatable bonds is 5. The number of carbonyl (C=O) groups excluding carboxylic acids is 1. The molecule has 34 heavy (non-hydrogen) atoms. The van der Waals surface area contributed by atoms with Gasteiger partial charge in [0.2, 0.25) is 5.91 Å². The van der Waals surface area contributed by atoms with Gasteiger partial charge in [-0.1, -0.05) is 0 Å². The molecule has 178 valence electrons. The second kappa shape index (κ2) is 9.24. The Morgan fingerprint density at radius 3 is 2.50 bits per heavy atom. The van der Waals surface area contributed by atoms with Crippen LogP contribution in [0.25, 0.3) is 10.9 Å². The molecule has 1 aliphatic heterocycles. The maximum atomic E-state index is 14.9. The minimum absolute atomic E-state index is 0.0851. The lowest BCUT2D eigenvalue weighted by molar-refractivity contribution is -0.385. The summed E-state index contributed by atoms with van der Waals surface area (Å²) in [6.45, 7) is 9.62. The molecule has 0 spiro atoms. The normalized spacial score (nSPS) is 14.9. The van der Waals surface area contributed by atoms with Crippen molar-refractivity contribution in [3.05, 3.63) is 69.2 Å². The molecule has 1 unspecified atom stereocenters. The SMILES string of the molecule is CC(=O)N1CCN(c2ccc3nc(C)cc(NC(C)c4cc([N+](=O)[O-])cc(C)c4F)c3c2)CC1. The standard InChI is InChI=1S/C25H28FN5O3/c1-15-11-20(31(33)34)14-21(25(15)26)17(3)28-24-12-16(2)27-23-6-5-19(13-22(23)24)30-9-7-29(8-10-30)18(4)32/h5-6,11-14,17H,7-10H2,1-4H3,(H,27,28). The van der Waals surface area contributed by atoms with Crippen LogP contribution in [0.1, 0.15) is 36.7 Å². The van der Waals surface area contributed by atoms with Gasteiger partial charge in [0, 0.05) is 73.3 Å². The Bertz CT molecular complexity index is 1270. The first-order valence-electron chi connectivity index (χ1n) is 11.3. The fourth-order valence-corrected chi connectivity index (χ4v) is 4.45. The van der Waals surface area contributed by atoms with Gasteiger partial charge in [0.25, 0.3) is 5.69 Å². The summed E-state index contributed by atoms with van der Waals surface area (Å²) in [5.41, 5.74) is 3.76. The number of nitro benzene ring substituents is 1.